The number of halogens is 6. The van der Waals surface area contributed by atoms with Gasteiger partial charge in [0, 0.05) is 7.11 Å². The number of alkyl halides is 6. The van der Waals surface area contributed by atoms with Crippen LogP contribution in [-0.2, 0) is 9.53 Å². The Kier molecular flexibility index (Phi) is 9.05. The average molecular weight is 422 g/mol. The minimum absolute atomic E-state index is 0.0534. The van der Waals surface area contributed by atoms with Crippen molar-refractivity contribution in [1.29, 1.82) is 0 Å². The summed E-state index contributed by atoms with van der Waals surface area (Å²) < 4.78 is 80.2. The van der Waals surface area contributed by atoms with Crippen LogP contribution in [0, 0.1) is 17.8 Å². The molecule has 2 fully saturated rings. The molecule has 0 amide bonds. The molecule has 2 rings (SSSR count). The van der Waals surface area contributed by atoms with Crippen molar-refractivity contribution in [3.8, 4) is 0 Å². The molecule has 2 saturated carbocycles. The molecule has 0 spiro atoms. The Bertz CT molecular complexity index is 477. The molecule has 2 aliphatic rings. The zero-order chi connectivity index (χ0) is 21.6. The Balaban J connectivity index is 0.00000190. The van der Waals surface area contributed by atoms with Crippen molar-refractivity contribution in [3.63, 3.8) is 0 Å². The summed E-state index contributed by atoms with van der Waals surface area (Å²) in [6, 6.07) is 0. The van der Waals surface area contributed by atoms with E-state index in [-0.39, 0.29) is 24.9 Å². The number of ether oxygens (including phenoxy) is 1. The first-order chi connectivity index (χ1) is 13.0. The third-order valence-electron chi connectivity index (χ3n) is 5.66. The van der Waals surface area contributed by atoms with Crippen LogP contribution in [0.2, 0.25) is 0 Å². The van der Waals surface area contributed by atoms with Gasteiger partial charge in [-0.3, -0.25) is 4.79 Å². The fourth-order valence-corrected chi connectivity index (χ4v) is 4.09. The van der Waals surface area contributed by atoms with E-state index in [0.717, 1.165) is 32.8 Å². The van der Waals surface area contributed by atoms with Crippen molar-refractivity contribution in [1.82, 2.24) is 0 Å². The molecule has 3 unspecified atom stereocenters. The largest absolute Gasteiger partial charge is 0.465 e. The lowest BCUT2D eigenvalue weighted by atomic mass is 9.89. The minimum atomic E-state index is -5.76. The smallest absolute Gasteiger partial charge is 0.426 e. The van der Waals surface area contributed by atoms with E-state index in [2.05, 4.69) is 0 Å². The van der Waals surface area contributed by atoms with Crippen LogP contribution in [0.3, 0.4) is 0 Å². The predicted octanol–water partition coefficient (Wildman–Crippen LogP) is 4.38. The molecule has 2 bridgehead atoms. The van der Waals surface area contributed by atoms with E-state index in [1.165, 1.54) is 0 Å². The number of carbonyl (C=O) groups excluding carboxylic acids is 1. The quantitative estimate of drug-likeness (QED) is 0.346. The van der Waals surface area contributed by atoms with E-state index in [0.29, 0.717) is 24.7 Å². The zero-order valence-electron chi connectivity index (χ0n) is 15.8. The van der Waals surface area contributed by atoms with E-state index < -0.39 is 30.8 Å². The fraction of sp³-hybridized carbons (Fsp3) is 0.944. The summed E-state index contributed by atoms with van der Waals surface area (Å²) in [5.41, 5.74) is -4.67. The van der Waals surface area contributed by atoms with Crippen molar-refractivity contribution < 1.29 is 46.1 Å². The van der Waals surface area contributed by atoms with Crippen molar-refractivity contribution >= 4 is 5.97 Å². The molecule has 0 aliphatic heterocycles. The molecule has 2 aliphatic carbocycles. The summed E-state index contributed by atoms with van der Waals surface area (Å²) in [6.45, 7) is 0.121. The van der Waals surface area contributed by atoms with Gasteiger partial charge in [0.2, 0.25) is 0 Å². The number of rotatable bonds is 8. The van der Waals surface area contributed by atoms with E-state index in [4.69, 9.17) is 14.9 Å². The van der Waals surface area contributed by atoms with E-state index in [9.17, 15) is 31.1 Å². The SMILES string of the molecule is CO.O=C(OCCCCCCC(O)(C(F)(F)F)C(F)(F)F)C1CC2CCC1C2. The van der Waals surface area contributed by atoms with Gasteiger partial charge in [0.05, 0.1) is 12.5 Å². The molecular formula is C18H28F6O4. The van der Waals surface area contributed by atoms with Crippen LogP contribution in [0.4, 0.5) is 26.3 Å². The third kappa shape index (κ3) is 5.98. The summed E-state index contributed by atoms with van der Waals surface area (Å²) in [7, 11) is 1.00. The normalized spacial score (nSPS) is 24.7. The second-order valence-corrected chi connectivity index (χ2v) is 7.47. The van der Waals surface area contributed by atoms with Crippen LogP contribution in [0.5, 0.6) is 0 Å². The molecule has 10 heteroatoms. The number of unbranched alkanes of at least 4 members (excludes halogenated alkanes) is 3. The van der Waals surface area contributed by atoms with E-state index >= 15 is 0 Å². The van der Waals surface area contributed by atoms with Crippen LogP contribution in [0.15, 0.2) is 0 Å². The molecule has 0 heterocycles. The van der Waals surface area contributed by atoms with Crippen LogP contribution >= 0.6 is 0 Å². The summed E-state index contributed by atoms with van der Waals surface area (Å²) in [5, 5.41) is 16.0. The monoisotopic (exact) mass is 422 g/mol. The minimum Gasteiger partial charge on any atom is -0.465 e. The first-order valence-electron chi connectivity index (χ1n) is 9.43. The van der Waals surface area contributed by atoms with Gasteiger partial charge >= 0.3 is 18.3 Å². The van der Waals surface area contributed by atoms with Crippen LogP contribution in [-0.4, -0.2) is 47.9 Å². The van der Waals surface area contributed by atoms with Crippen molar-refractivity contribution in [2.45, 2.75) is 75.7 Å². The van der Waals surface area contributed by atoms with Gasteiger partial charge in [-0.1, -0.05) is 19.3 Å². The highest BCUT2D eigenvalue weighted by Gasteiger charge is 2.69. The number of aliphatic hydroxyl groups excluding tert-OH is 1. The highest BCUT2D eigenvalue weighted by atomic mass is 19.4. The Morgan fingerprint density at radius 2 is 1.50 bits per heavy atom. The molecule has 0 aromatic heterocycles. The maximum absolute atomic E-state index is 12.5. The van der Waals surface area contributed by atoms with Gasteiger partial charge in [0.25, 0.3) is 5.60 Å². The van der Waals surface area contributed by atoms with Crippen molar-refractivity contribution in [2.24, 2.45) is 17.8 Å². The van der Waals surface area contributed by atoms with Crippen LogP contribution in [0.1, 0.15) is 57.8 Å². The Labute approximate surface area is 160 Å². The molecule has 166 valence electrons. The summed E-state index contributed by atoms with van der Waals surface area (Å²) in [4.78, 5) is 12.0. The molecule has 0 saturated heterocycles. The maximum Gasteiger partial charge on any atom is 0.426 e. The Morgan fingerprint density at radius 1 is 0.929 bits per heavy atom. The topological polar surface area (TPSA) is 66.8 Å². The van der Waals surface area contributed by atoms with Crippen molar-refractivity contribution in [3.05, 3.63) is 0 Å². The number of hydrogen-bond donors (Lipinski definition) is 2. The lowest BCUT2D eigenvalue weighted by Crippen LogP contribution is -2.56. The Morgan fingerprint density at radius 3 is 1.96 bits per heavy atom. The Hall–Kier alpha value is -1.03. The lowest BCUT2D eigenvalue weighted by Gasteiger charge is -2.32. The summed E-state index contributed by atoms with van der Waals surface area (Å²) in [5.74, 6) is 0.719. The number of hydrogen-bond acceptors (Lipinski definition) is 4. The van der Waals surface area contributed by atoms with E-state index in [1.807, 2.05) is 0 Å². The van der Waals surface area contributed by atoms with Gasteiger partial charge in [0.1, 0.15) is 0 Å². The molecule has 0 radical (unpaired) electrons. The second-order valence-electron chi connectivity index (χ2n) is 7.47. The van der Waals surface area contributed by atoms with Gasteiger partial charge in [0.15, 0.2) is 0 Å². The molecule has 0 aromatic rings. The number of carbonyl (C=O) groups is 1. The fourth-order valence-electron chi connectivity index (χ4n) is 4.09. The number of esters is 1. The van der Waals surface area contributed by atoms with E-state index in [1.54, 1.807) is 0 Å². The van der Waals surface area contributed by atoms with Crippen LogP contribution in [0.25, 0.3) is 0 Å². The van der Waals surface area contributed by atoms with Gasteiger partial charge in [-0.15, -0.1) is 0 Å². The highest BCUT2D eigenvalue weighted by Crippen LogP contribution is 2.49. The summed E-state index contributed by atoms with van der Waals surface area (Å²) >= 11 is 0. The summed E-state index contributed by atoms with van der Waals surface area (Å²) in [6.07, 6.45) is -8.44. The molecule has 4 nitrogen and oxygen atoms in total. The molecule has 0 aromatic carbocycles. The number of aliphatic hydroxyl groups is 2. The standard InChI is InChI=1S/C17H24F6O3.CH4O/c18-16(19,20)15(25,17(21,22)23)7-3-1-2-4-8-26-14(24)13-10-11-5-6-12(13)9-11;1-2/h11-13,25H,1-10H2;2H,1H3. The first kappa shape index (κ1) is 25.0. The molecule has 3 atom stereocenters. The first-order valence-corrected chi connectivity index (χ1v) is 9.43. The predicted molar refractivity (Wildman–Crippen MR) is 88.2 cm³/mol. The average Bonchev–Trinajstić information content (AvgIpc) is 3.23. The molecule has 28 heavy (non-hydrogen) atoms. The third-order valence-corrected chi connectivity index (χ3v) is 5.66. The molecule has 2 N–H and O–H groups in total. The number of fused-ring (bicyclic) bond motifs is 2. The van der Waals surface area contributed by atoms with Crippen molar-refractivity contribution in [2.75, 3.05) is 13.7 Å². The van der Waals surface area contributed by atoms with Gasteiger partial charge in [-0.2, -0.15) is 26.3 Å². The van der Waals surface area contributed by atoms with Gasteiger partial charge in [-0.25, -0.2) is 0 Å². The van der Waals surface area contributed by atoms with Crippen LogP contribution < -0.4 is 0 Å². The maximum atomic E-state index is 12.5. The lowest BCUT2D eigenvalue weighted by molar-refractivity contribution is -0.370. The van der Waals surface area contributed by atoms with Gasteiger partial charge in [-0.05, 0) is 50.4 Å². The highest BCUT2D eigenvalue weighted by molar-refractivity contribution is 5.73. The zero-order valence-corrected chi connectivity index (χ0v) is 15.8. The second kappa shape index (κ2) is 10.1. The van der Waals surface area contributed by atoms with Gasteiger partial charge < -0.3 is 14.9 Å². The molecular weight excluding hydrogens is 394 g/mol.